The van der Waals surface area contributed by atoms with Crippen molar-refractivity contribution in [1.82, 2.24) is 15.6 Å². The van der Waals surface area contributed by atoms with Crippen LogP contribution in [-0.4, -0.2) is 45.4 Å². The summed E-state index contributed by atoms with van der Waals surface area (Å²) < 4.78 is 5.98. The maximum Gasteiger partial charge on any atom is 0.408 e. The maximum atomic E-state index is 13.0. The molecule has 4 rings (SSSR count). The SMILES string of the molecule is O=C(NC(Cc1c[nH]c2ccc(O)cc12)C(=O)NC[C@@H]1CC(Br)=NO1)OCc1ccccc1. The number of nitrogens with zero attached hydrogens (tertiary/aromatic N) is 1. The van der Waals surface area contributed by atoms with Gasteiger partial charge in [-0.1, -0.05) is 35.5 Å². The number of aromatic amines is 1. The Kier molecular flexibility index (Phi) is 7.13. The third-order valence-electron chi connectivity index (χ3n) is 5.20. The Morgan fingerprint density at radius 3 is 2.85 bits per heavy atom. The molecule has 4 N–H and O–H groups in total. The lowest BCUT2D eigenvalue weighted by Crippen LogP contribution is -2.49. The smallest absolute Gasteiger partial charge is 0.408 e. The summed E-state index contributed by atoms with van der Waals surface area (Å²) in [6, 6.07) is 13.3. The molecule has 1 aliphatic heterocycles. The van der Waals surface area contributed by atoms with E-state index in [1.807, 2.05) is 30.3 Å². The largest absolute Gasteiger partial charge is 0.508 e. The van der Waals surface area contributed by atoms with Gasteiger partial charge >= 0.3 is 6.09 Å². The number of carbonyl (C=O) groups is 2. The van der Waals surface area contributed by atoms with Crippen molar-refractivity contribution < 1.29 is 24.3 Å². The van der Waals surface area contributed by atoms with Crippen LogP contribution in [-0.2, 0) is 27.4 Å². The van der Waals surface area contributed by atoms with E-state index in [0.29, 0.717) is 11.0 Å². The van der Waals surface area contributed by atoms with Crippen LogP contribution in [0.15, 0.2) is 59.9 Å². The van der Waals surface area contributed by atoms with Crippen molar-refractivity contribution in [1.29, 1.82) is 0 Å². The fourth-order valence-electron chi connectivity index (χ4n) is 3.51. The van der Waals surface area contributed by atoms with Crippen molar-refractivity contribution in [2.45, 2.75) is 31.6 Å². The summed E-state index contributed by atoms with van der Waals surface area (Å²) in [4.78, 5) is 33.8. The summed E-state index contributed by atoms with van der Waals surface area (Å²) in [6.07, 6.45) is 1.52. The summed E-state index contributed by atoms with van der Waals surface area (Å²) in [5, 5.41) is 19.9. The highest BCUT2D eigenvalue weighted by Crippen LogP contribution is 2.24. The van der Waals surface area contributed by atoms with Gasteiger partial charge in [-0.05, 0) is 45.3 Å². The number of rotatable bonds is 8. The third-order valence-corrected chi connectivity index (χ3v) is 5.67. The van der Waals surface area contributed by atoms with Crippen LogP contribution in [0.4, 0.5) is 4.79 Å². The second-order valence-corrected chi connectivity index (χ2v) is 8.57. The molecular weight excluding hydrogens is 492 g/mol. The molecule has 172 valence electrons. The summed E-state index contributed by atoms with van der Waals surface area (Å²) >= 11 is 3.27. The molecule has 0 bridgehead atoms. The number of aromatic hydroxyl groups is 1. The Balaban J connectivity index is 1.43. The van der Waals surface area contributed by atoms with Crippen molar-refractivity contribution in [2.24, 2.45) is 5.16 Å². The Morgan fingerprint density at radius 1 is 1.27 bits per heavy atom. The molecule has 33 heavy (non-hydrogen) atoms. The molecular formula is C23H23BrN4O5. The first-order chi connectivity index (χ1) is 16.0. The number of fused-ring (bicyclic) bond motifs is 1. The minimum Gasteiger partial charge on any atom is -0.508 e. The van der Waals surface area contributed by atoms with E-state index in [2.05, 4.69) is 36.7 Å². The van der Waals surface area contributed by atoms with Crippen molar-refractivity contribution in [3.8, 4) is 5.75 Å². The summed E-state index contributed by atoms with van der Waals surface area (Å²) in [7, 11) is 0. The number of hydrogen-bond donors (Lipinski definition) is 4. The van der Waals surface area contributed by atoms with E-state index < -0.39 is 12.1 Å². The monoisotopic (exact) mass is 514 g/mol. The first kappa shape index (κ1) is 22.7. The number of hydrogen-bond acceptors (Lipinski definition) is 6. The highest BCUT2D eigenvalue weighted by atomic mass is 79.9. The van der Waals surface area contributed by atoms with Crippen molar-refractivity contribution in [3.63, 3.8) is 0 Å². The molecule has 0 spiro atoms. The van der Waals surface area contributed by atoms with Gasteiger partial charge in [0.1, 0.15) is 23.0 Å². The maximum absolute atomic E-state index is 13.0. The Labute approximate surface area is 198 Å². The number of aromatic nitrogens is 1. The molecule has 3 aromatic rings. The van der Waals surface area contributed by atoms with Gasteiger partial charge in [0.25, 0.3) is 0 Å². The zero-order chi connectivity index (χ0) is 23.2. The first-order valence-corrected chi connectivity index (χ1v) is 11.2. The van der Waals surface area contributed by atoms with E-state index >= 15 is 0 Å². The number of amides is 2. The number of phenolic OH excluding ortho intramolecular Hbond substituents is 1. The van der Waals surface area contributed by atoms with Crippen LogP contribution < -0.4 is 10.6 Å². The van der Waals surface area contributed by atoms with Gasteiger partial charge in [0.05, 0.1) is 6.54 Å². The van der Waals surface area contributed by atoms with Crippen LogP contribution in [0.1, 0.15) is 17.5 Å². The fourth-order valence-corrected chi connectivity index (χ4v) is 3.96. The normalized spacial score (nSPS) is 16.0. The van der Waals surface area contributed by atoms with Crippen LogP contribution in [0.25, 0.3) is 10.9 Å². The van der Waals surface area contributed by atoms with Crippen molar-refractivity contribution >= 4 is 43.5 Å². The van der Waals surface area contributed by atoms with E-state index in [1.54, 1.807) is 24.4 Å². The Hall–Kier alpha value is -3.53. The number of nitrogens with one attached hydrogen (secondary N) is 3. The lowest BCUT2D eigenvalue weighted by atomic mass is 10.0. The molecule has 1 aliphatic rings. The second-order valence-electron chi connectivity index (χ2n) is 7.65. The van der Waals surface area contributed by atoms with Crippen LogP contribution >= 0.6 is 15.9 Å². The molecule has 0 aliphatic carbocycles. The molecule has 9 nitrogen and oxygen atoms in total. The molecule has 2 aromatic carbocycles. The summed E-state index contributed by atoms with van der Waals surface area (Å²) in [5.74, 6) is -0.267. The number of ether oxygens (including phenoxy) is 1. The molecule has 2 heterocycles. The topological polar surface area (TPSA) is 125 Å². The van der Waals surface area contributed by atoms with Crippen molar-refractivity contribution in [2.75, 3.05) is 6.54 Å². The highest BCUT2D eigenvalue weighted by molar-refractivity contribution is 9.18. The van der Waals surface area contributed by atoms with Gasteiger partial charge in [0, 0.05) is 29.9 Å². The quantitative estimate of drug-likeness (QED) is 0.367. The molecule has 0 saturated heterocycles. The molecule has 0 fully saturated rings. The highest BCUT2D eigenvalue weighted by Gasteiger charge is 2.26. The fraction of sp³-hybridized carbons (Fsp3) is 0.261. The minimum absolute atomic E-state index is 0.0866. The van der Waals surface area contributed by atoms with Gasteiger partial charge < -0.3 is 30.3 Å². The molecule has 2 atom stereocenters. The Morgan fingerprint density at radius 2 is 2.09 bits per heavy atom. The molecule has 1 aromatic heterocycles. The van der Waals surface area contributed by atoms with Crippen LogP contribution in [0.5, 0.6) is 5.75 Å². The predicted molar refractivity (Wildman–Crippen MR) is 126 cm³/mol. The Bertz CT molecular complexity index is 1160. The summed E-state index contributed by atoms with van der Waals surface area (Å²) in [6.45, 7) is 0.326. The molecule has 2 amide bonds. The van der Waals surface area contributed by atoms with E-state index in [4.69, 9.17) is 9.57 Å². The zero-order valence-corrected chi connectivity index (χ0v) is 19.2. The van der Waals surface area contributed by atoms with Crippen LogP contribution in [0, 0.1) is 0 Å². The lowest BCUT2D eigenvalue weighted by molar-refractivity contribution is -0.123. The van der Waals surface area contributed by atoms with Gasteiger partial charge in [-0.25, -0.2) is 4.79 Å². The van der Waals surface area contributed by atoms with Gasteiger partial charge in [-0.3, -0.25) is 4.79 Å². The zero-order valence-electron chi connectivity index (χ0n) is 17.6. The number of carbonyl (C=O) groups excluding carboxylic acids is 2. The van der Waals surface area contributed by atoms with Gasteiger partial charge in [-0.15, -0.1) is 0 Å². The minimum atomic E-state index is -0.902. The average Bonchev–Trinajstić information content (AvgIpc) is 3.42. The second kappa shape index (κ2) is 10.4. The number of H-pyrrole nitrogens is 1. The van der Waals surface area contributed by atoms with E-state index in [9.17, 15) is 14.7 Å². The van der Waals surface area contributed by atoms with Crippen LogP contribution in [0.3, 0.4) is 0 Å². The average molecular weight is 515 g/mol. The summed E-state index contributed by atoms with van der Waals surface area (Å²) in [5.41, 5.74) is 2.42. The first-order valence-electron chi connectivity index (χ1n) is 10.4. The van der Waals surface area contributed by atoms with Crippen LogP contribution in [0.2, 0.25) is 0 Å². The standard InChI is InChI=1S/C23H23BrN4O5/c24-21-10-17(33-28-21)12-26-22(30)20(27-23(31)32-13-14-4-2-1-3-5-14)8-15-11-25-19-7-6-16(29)9-18(15)19/h1-7,9,11,17,20,25,29H,8,10,12-13H2,(H,26,30)(H,27,31)/t17-,20?/m0/s1. The third kappa shape index (κ3) is 6.04. The van der Waals surface area contributed by atoms with Crippen molar-refractivity contribution in [3.05, 3.63) is 65.9 Å². The lowest BCUT2D eigenvalue weighted by Gasteiger charge is -2.19. The van der Waals surface area contributed by atoms with E-state index in [0.717, 1.165) is 22.0 Å². The predicted octanol–water partition coefficient (Wildman–Crippen LogP) is 3.32. The van der Waals surface area contributed by atoms with Gasteiger partial charge in [0.15, 0.2) is 6.10 Å². The molecule has 0 saturated carbocycles. The number of phenols is 1. The molecule has 0 radical (unpaired) electrons. The van der Waals surface area contributed by atoms with E-state index in [1.165, 1.54) is 0 Å². The van der Waals surface area contributed by atoms with E-state index in [-0.39, 0.29) is 37.3 Å². The molecule has 10 heteroatoms. The number of oxime groups is 1. The van der Waals surface area contributed by atoms with Gasteiger partial charge in [0.2, 0.25) is 5.91 Å². The van der Waals surface area contributed by atoms with Gasteiger partial charge in [-0.2, -0.15) is 0 Å². The molecule has 1 unspecified atom stereocenters. The number of halogens is 1. The number of alkyl carbamates (subject to hydrolysis) is 1. The number of benzene rings is 2.